The van der Waals surface area contributed by atoms with Crippen molar-refractivity contribution in [3.05, 3.63) is 0 Å². The summed E-state index contributed by atoms with van der Waals surface area (Å²) in [5.41, 5.74) is 0. The molecule has 0 heterocycles. The van der Waals surface area contributed by atoms with E-state index in [4.69, 9.17) is 19.8 Å². The number of ether oxygens (including phenoxy) is 1. The summed E-state index contributed by atoms with van der Waals surface area (Å²) in [4.78, 5) is 17.1. The second-order valence-electron chi connectivity index (χ2n) is 0.448. The molecule has 0 amide bonds. The Morgan fingerprint density at radius 3 is 1.78 bits per heavy atom. The van der Waals surface area contributed by atoms with Gasteiger partial charge in [0.2, 0.25) is 0 Å². The Kier molecular flexibility index (Phi) is 43.6. The Bertz CT molecular complexity index is 56.2. The molecule has 0 rings (SSSR count). The Labute approximate surface area is 76.5 Å². The van der Waals surface area contributed by atoms with Crippen molar-refractivity contribution in [1.29, 1.82) is 0 Å². The molecule has 0 unspecified atom stereocenters. The van der Waals surface area contributed by atoms with Crippen molar-refractivity contribution in [3.8, 4) is 0 Å². The molecule has 1 radical (unpaired) electrons. The predicted octanol–water partition coefficient (Wildman–Crippen LogP) is -1.37. The van der Waals surface area contributed by atoms with E-state index >= 15 is 0 Å². The molecule has 0 spiro atoms. The summed E-state index contributed by atoms with van der Waals surface area (Å²) in [6.07, 6.45) is 0. The van der Waals surface area contributed by atoms with Crippen molar-refractivity contribution in [1.82, 2.24) is 0 Å². The summed E-state index contributed by atoms with van der Waals surface area (Å²) < 4.78 is 3.58. The standard InChI is InChI=1S/C2H3O3.CHO2.Pa/c3-1-5-2-4;2-1-3;/h3H,1H2;(H,2,3);/q2*-1;. The van der Waals surface area contributed by atoms with Gasteiger partial charge in [0.1, 0.15) is 0 Å². The predicted molar refractivity (Wildman–Crippen MR) is 22.2 cm³/mol. The quantitative estimate of drug-likeness (QED) is 0.474. The third-order valence-electron chi connectivity index (χ3n) is 0.123. The van der Waals surface area contributed by atoms with E-state index in [1.54, 1.807) is 0 Å². The van der Waals surface area contributed by atoms with Crippen LogP contribution in [0.3, 0.4) is 0 Å². The third kappa shape index (κ3) is 72.4. The first-order chi connectivity index (χ1) is 3.83. The minimum absolute atomic E-state index is 0. The minimum atomic E-state index is -0.580. The Morgan fingerprint density at radius 1 is 1.44 bits per heavy atom. The van der Waals surface area contributed by atoms with Crippen LogP contribution in [0, 0.1) is 32.3 Å². The van der Waals surface area contributed by atoms with Crippen molar-refractivity contribution in [2.75, 3.05) is 6.79 Å². The Morgan fingerprint density at radius 2 is 1.78 bits per heavy atom. The first-order valence-electron chi connectivity index (χ1n) is 1.44. The van der Waals surface area contributed by atoms with Crippen LogP contribution in [0.25, 0.3) is 0 Å². The van der Waals surface area contributed by atoms with Crippen LogP contribution in [-0.2, 0) is 14.3 Å². The molecule has 51 valence electrons. The van der Waals surface area contributed by atoms with Crippen LogP contribution < -0.4 is 0 Å². The van der Waals surface area contributed by atoms with Crippen molar-refractivity contribution >= 4 is 12.9 Å². The van der Waals surface area contributed by atoms with Gasteiger partial charge in [-0.05, 0) is 0 Å². The van der Waals surface area contributed by atoms with Gasteiger partial charge >= 0.3 is 0 Å². The molecule has 6 heteroatoms. The van der Waals surface area contributed by atoms with Gasteiger partial charge in [0.15, 0.2) is 6.79 Å². The first kappa shape index (κ1) is 16.0. The zero-order valence-corrected chi connectivity index (χ0v) is 9.21. The van der Waals surface area contributed by atoms with Gasteiger partial charge in [-0.1, -0.05) is 12.9 Å². The van der Waals surface area contributed by atoms with Gasteiger partial charge in [-0.25, -0.2) is 0 Å². The largest absolute Gasteiger partial charge is 0.665 e. The summed E-state index contributed by atoms with van der Waals surface area (Å²) in [5.74, 6) is 0. The molecule has 0 fully saturated rings. The average Bonchev–Trinajstić information content (AvgIpc) is 1.71. The zero-order valence-electron chi connectivity index (χ0n) is 4.40. The molecule has 0 bridgehead atoms. The molecule has 0 aliphatic carbocycles. The second-order valence-corrected chi connectivity index (χ2v) is 0.448. The molecule has 0 saturated carbocycles. The van der Waals surface area contributed by atoms with Crippen LogP contribution in [0.5, 0.6) is 0 Å². The third-order valence-corrected chi connectivity index (χ3v) is 0.123. The molecule has 0 aliphatic rings. The van der Waals surface area contributed by atoms with Gasteiger partial charge in [0.25, 0.3) is 0 Å². The second kappa shape index (κ2) is 24.5. The van der Waals surface area contributed by atoms with E-state index in [1.807, 2.05) is 0 Å². The maximum absolute atomic E-state index is 8.90. The van der Waals surface area contributed by atoms with Crippen LogP contribution in [0.4, 0.5) is 0 Å². The molecule has 0 aromatic heterocycles. The van der Waals surface area contributed by atoms with E-state index in [1.165, 1.54) is 0 Å². The number of hydrogen-bond donors (Lipinski definition) is 2. The number of carbonyl (C=O) groups excluding carboxylic acids is 1. The summed E-state index contributed by atoms with van der Waals surface area (Å²) in [6.45, 7) is 0.938. The normalized spacial score (nSPS) is 5.00. The molecule has 0 saturated heterocycles. The monoisotopic (exact) mass is 351 g/mol. The molecule has 0 aromatic carbocycles. The van der Waals surface area contributed by atoms with E-state index in [0.29, 0.717) is 6.47 Å². The molecule has 0 aromatic rings. The summed E-state index contributed by atoms with van der Waals surface area (Å²) in [6, 6.07) is 0. The van der Waals surface area contributed by atoms with Crippen LogP contribution >= 0.6 is 0 Å². The van der Waals surface area contributed by atoms with Crippen molar-refractivity contribution < 1.29 is 56.8 Å². The minimum Gasteiger partial charge on any atom is -0.665 e. The van der Waals surface area contributed by atoms with Crippen molar-refractivity contribution in [3.63, 3.8) is 0 Å². The van der Waals surface area contributed by atoms with E-state index in [2.05, 4.69) is 4.74 Å². The zero-order chi connectivity index (χ0) is 6.83. The smallest absolute Gasteiger partial charge is 0.152 e. The first-order valence-corrected chi connectivity index (χ1v) is 1.44. The van der Waals surface area contributed by atoms with Crippen LogP contribution in [0.1, 0.15) is 0 Å². The van der Waals surface area contributed by atoms with Gasteiger partial charge in [0, 0.05) is 32.3 Å². The van der Waals surface area contributed by atoms with Gasteiger partial charge in [-0.15, -0.1) is 0 Å². The van der Waals surface area contributed by atoms with Crippen LogP contribution in [-0.4, -0.2) is 30.0 Å². The molecule has 9 heavy (non-hydrogen) atoms. The van der Waals surface area contributed by atoms with Crippen molar-refractivity contribution in [2.24, 2.45) is 0 Å². The van der Waals surface area contributed by atoms with Gasteiger partial charge < -0.3 is 24.5 Å². The summed E-state index contributed by atoms with van der Waals surface area (Å²) >= 11 is 0. The molecular weight excluding hydrogens is 347 g/mol. The Balaban J connectivity index is -0.0000000800. The average molecular weight is 351 g/mol. The molecular formula is C3H4O5Pa-2. The summed E-state index contributed by atoms with van der Waals surface area (Å²) in [5, 5.41) is 14.3. The van der Waals surface area contributed by atoms with Gasteiger partial charge in [-0.3, -0.25) is 0 Å². The number of aliphatic hydroxyl groups excluding tert-OH is 2. The Hall–Kier alpha value is -0.00909. The van der Waals surface area contributed by atoms with Gasteiger partial charge in [0.05, 0.1) is 0 Å². The molecule has 0 atom stereocenters. The van der Waals surface area contributed by atoms with Gasteiger partial charge in [-0.2, -0.15) is 0 Å². The molecule has 0 aliphatic heterocycles. The summed E-state index contributed by atoms with van der Waals surface area (Å²) in [7, 11) is 0. The maximum Gasteiger partial charge on any atom is 0.152 e. The van der Waals surface area contributed by atoms with E-state index in [-0.39, 0.29) is 32.3 Å². The van der Waals surface area contributed by atoms with Crippen LogP contribution in [0.15, 0.2) is 0 Å². The fraction of sp³-hybridized carbons (Fsp3) is 0.333. The van der Waals surface area contributed by atoms with E-state index in [0.717, 1.165) is 6.47 Å². The maximum atomic E-state index is 8.90. The topological polar surface area (TPSA) is 83.8 Å². The van der Waals surface area contributed by atoms with E-state index < -0.39 is 6.79 Å². The van der Waals surface area contributed by atoms with Crippen LogP contribution in [0.2, 0.25) is 0 Å². The molecule has 5 nitrogen and oxygen atoms in total. The fourth-order valence-electron chi connectivity index (χ4n) is 0.0264. The van der Waals surface area contributed by atoms with Crippen molar-refractivity contribution in [2.45, 2.75) is 0 Å². The number of rotatable bonds is 2. The number of aliphatic hydroxyl groups is 1. The molecule has 2 N–H and O–H groups in total. The number of hydrogen-bond acceptors (Lipinski definition) is 4. The SMILES string of the molecule is O=[C-]O.O=[C-]OCO.[Pa]. The van der Waals surface area contributed by atoms with E-state index in [9.17, 15) is 0 Å². The fourth-order valence-corrected chi connectivity index (χ4v) is 0.0264.